The van der Waals surface area contributed by atoms with Gasteiger partial charge in [-0.15, -0.1) is 11.3 Å². The number of anilines is 1. The van der Waals surface area contributed by atoms with E-state index in [9.17, 15) is 9.59 Å². The van der Waals surface area contributed by atoms with Gasteiger partial charge < -0.3 is 20.7 Å². The van der Waals surface area contributed by atoms with Crippen molar-refractivity contribution in [2.75, 3.05) is 26.0 Å². The van der Waals surface area contributed by atoms with Crippen LogP contribution >= 0.6 is 22.9 Å². The molecule has 3 N–H and O–H groups in total. The number of carbonyl (C=O) groups excluding carboxylic acids is 2. The van der Waals surface area contributed by atoms with Gasteiger partial charge in [-0.2, -0.15) is 0 Å². The number of nitrogens with zero attached hydrogens (tertiary/aromatic N) is 3. The highest BCUT2D eigenvalue weighted by atomic mass is 35.5. The van der Waals surface area contributed by atoms with E-state index in [1.807, 2.05) is 49.7 Å². The first kappa shape index (κ1) is 23.7. The molecule has 1 atom stereocenters. The van der Waals surface area contributed by atoms with Gasteiger partial charge in [0.25, 0.3) is 5.91 Å². The Balaban J connectivity index is 1.67. The lowest BCUT2D eigenvalue weighted by molar-refractivity contribution is -0.116. The van der Waals surface area contributed by atoms with Crippen molar-refractivity contribution < 1.29 is 14.3 Å². The number of likely N-dealkylation sites (N-methyl/N-ethyl adjacent to an activating group) is 1. The molecule has 0 aliphatic rings. The topological polar surface area (TPSA) is 102 Å². The number of aromatic nitrogens is 2. The number of hydrogen-bond acceptors (Lipinski definition) is 6. The number of pyridine rings is 1. The molecular formula is C24H24ClN5O3S. The number of primary amides is 1. The number of ether oxygens (including phenoxy) is 1. The summed E-state index contributed by atoms with van der Waals surface area (Å²) in [5.74, 6) is -0.323. The lowest BCUT2D eigenvalue weighted by Gasteiger charge is -2.16. The number of thiophene rings is 1. The van der Waals surface area contributed by atoms with Crippen molar-refractivity contribution in [3.63, 3.8) is 0 Å². The molecule has 0 saturated heterocycles. The maximum atomic E-state index is 12.2. The van der Waals surface area contributed by atoms with E-state index in [1.165, 1.54) is 11.3 Å². The van der Waals surface area contributed by atoms with Gasteiger partial charge in [0.2, 0.25) is 5.91 Å². The lowest BCUT2D eigenvalue weighted by atomic mass is 10.1. The molecule has 176 valence electrons. The fraction of sp³-hybridized carbons (Fsp3) is 0.208. The Morgan fingerprint density at radius 2 is 2.03 bits per heavy atom. The molecule has 10 heteroatoms. The molecule has 0 aliphatic heterocycles. The van der Waals surface area contributed by atoms with Crippen LogP contribution in [0.1, 0.15) is 28.3 Å². The van der Waals surface area contributed by atoms with Gasteiger partial charge in [-0.25, -0.2) is 4.98 Å². The van der Waals surface area contributed by atoms with Crippen LogP contribution in [-0.4, -0.2) is 46.7 Å². The Morgan fingerprint density at radius 1 is 1.26 bits per heavy atom. The van der Waals surface area contributed by atoms with Crippen LogP contribution in [0.15, 0.2) is 54.9 Å². The standard InChI is InChI=1S/C24H24ClN5O3S/c1-14(16-6-4-5-7-17(16)25)33-19-10-20(34-23(19)24(26)32)18-11-27-21-9-8-15(12-30(18)21)28-22(31)13-29(2)3/h4-12,14H,13H2,1-3H3,(H2,26,32)(H,28,31)/t14-/m1/s1. The minimum absolute atomic E-state index is 0.123. The van der Waals surface area contributed by atoms with E-state index in [-0.39, 0.29) is 12.5 Å². The second kappa shape index (κ2) is 9.84. The third kappa shape index (κ3) is 5.06. The van der Waals surface area contributed by atoms with Gasteiger partial charge in [0, 0.05) is 22.8 Å². The molecule has 0 fully saturated rings. The van der Waals surface area contributed by atoms with E-state index < -0.39 is 12.0 Å². The zero-order valence-corrected chi connectivity index (χ0v) is 20.5. The van der Waals surface area contributed by atoms with Crippen LogP contribution in [0.3, 0.4) is 0 Å². The molecule has 0 saturated carbocycles. The Labute approximate surface area is 205 Å². The molecule has 0 unspecified atom stereocenters. The van der Waals surface area contributed by atoms with Crippen molar-refractivity contribution in [1.29, 1.82) is 0 Å². The number of nitrogens with one attached hydrogen (secondary N) is 1. The number of hydrogen-bond donors (Lipinski definition) is 2. The molecule has 3 heterocycles. The van der Waals surface area contributed by atoms with Crippen LogP contribution in [0.25, 0.3) is 16.2 Å². The second-order valence-corrected chi connectivity index (χ2v) is 9.48. The van der Waals surface area contributed by atoms with Crippen LogP contribution < -0.4 is 15.8 Å². The number of benzene rings is 1. The average Bonchev–Trinajstić information content (AvgIpc) is 3.37. The third-order valence-electron chi connectivity index (χ3n) is 5.07. The van der Waals surface area contributed by atoms with Crippen LogP contribution in [0.5, 0.6) is 5.75 Å². The van der Waals surface area contributed by atoms with Gasteiger partial charge in [-0.1, -0.05) is 29.8 Å². The minimum atomic E-state index is -0.580. The number of nitrogens with two attached hydrogens (primary N) is 1. The van der Waals surface area contributed by atoms with Crippen molar-refractivity contribution in [3.8, 4) is 16.3 Å². The van der Waals surface area contributed by atoms with Crippen LogP contribution in [0, 0.1) is 0 Å². The molecular weight excluding hydrogens is 474 g/mol. The van der Waals surface area contributed by atoms with Crippen molar-refractivity contribution in [2.45, 2.75) is 13.0 Å². The number of fused-ring (bicyclic) bond motifs is 1. The Bertz CT molecular complexity index is 1360. The molecule has 0 radical (unpaired) electrons. The van der Waals surface area contributed by atoms with E-state index in [4.69, 9.17) is 22.1 Å². The third-order valence-corrected chi connectivity index (χ3v) is 6.57. The Morgan fingerprint density at radius 3 is 2.74 bits per heavy atom. The molecule has 1 aromatic carbocycles. The molecule has 0 bridgehead atoms. The zero-order chi connectivity index (χ0) is 24.4. The highest BCUT2D eigenvalue weighted by Crippen LogP contribution is 2.39. The summed E-state index contributed by atoms with van der Waals surface area (Å²) >= 11 is 7.53. The first-order chi connectivity index (χ1) is 16.2. The van der Waals surface area contributed by atoms with Gasteiger partial charge >= 0.3 is 0 Å². The largest absolute Gasteiger partial charge is 0.484 e. The summed E-state index contributed by atoms with van der Waals surface area (Å²) in [6.45, 7) is 2.13. The molecule has 4 aromatic rings. The molecule has 0 spiro atoms. The molecule has 8 nitrogen and oxygen atoms in total. The Hall–Kier alpha value is -3.40. The van der Waals surface area contributed by atoms with E-state index in [2.05, 4.69) is 10.3 Å². The van der Waals surface area contributed by atoms with Crippen LogP contribution in [0.2, 0.25) is 5.02 Å². The number of halogens is 1. The van der Waals surface area contributed by atoms with E-state index in [1.54, 1.807) is 35.5 Å². The number of carbonyl (C=O) groups is 2. The van der Waals surface area contributed by atoms with Crippen molar-refractivity contribution in [1.82, 2.24) is 14.3 Å². The highest BCUT2D eigenvalue weighted by Gasteiger charge is 2.21. The summed E-state index contributed by atoms with van der Waals surface area (Å²) in [6.07, 6.45) is 3.11. The minimum Gasteiger partial charge on any atom is -0.484 e. The van der Waals surface area contributed by atoms with Crippen LogP contribution in [0.4, 0.5) is 5.69 Å². The van der Waals surface area contributed by atoms with Crippen LogP contribution in [-0.2, 0) is 4.79 Å². The van der Waals surface area contributed by atoms with E-state index in [0.717, 1.165) is 16.1 Å². The lowest BCUT2D eigenvalue weighted by Crippen LogP contribution is -2.27. The second-order valence-electron chi connectivity index (χ2n) is 8.03. The smallest absolute Gasteiger partial charge is 0.262 e. The predicted molar refractivity (Wildman–Crippen MR) is 135 cm³/mol. The summed E-state index contributed by atoms with van der Waals surface area (Å²) in [4.78, 5) is 31.6. The summed E-state index contributed by atoms with van der Waals surface area (Å²) in [6, 6.07) is 12.8. The van der Waals surface area contributed by atoms with E-state index >= 15 is 0 Å². The van der Waals surface area contributed by atoms with Crippen molar-refractivity contribution in [2.24, 2.45) is 5.73 Å². The van der Waals surface area contributed by atoms with Gasteiger partial charge in [0.1, 0.15) is 22.4 Å². The number of amides is 2. The molecule has 4 rings (SSSR count). The van der Waals surface area contributed by atoms with Gasteiger partial charge in [0.05, 0.1) is 29.0 Å². The molecule has 0 aliphatic carbocycles. The molecule has 3 aromatic heterocycles. The fourth-order valence-electron chi connectivity index (χ4n) is 3.54. The SMILES string of the molecule is C[C@@H](Oc1cc(-c2cnc3ccc(NC(=O)CN(C)C)cn23)sc1C(N)=O)c1ccccc1Cl. The monoisotopic (exact) mass is 497 g/mol. The summed E-state index contributed by atoms with van der Waals surface area (Å²) in [7, 11) is 3.66. The quantitative estimate of drug-likeness (QED) is 0.374. The van der Waals surface area contributed by atoms with E-state index in [0.29, 0.717) is 27.0 Å². The Kier molecular flexibility index (Phi) is 6.87. The zero-order valence-electron chi connectivity index (χ0n) is 18.9. The summed E-state index contributed by atoms with van der Waals surface area (Å²) in [5.41, 5.74) is 8.53. The average molecular weight is 498 g/mol. The molecule has 2 amide bonds. The number of imidazole rings is 1. The number of rotatable bonds is 8. The maximum absolute atomic E-state index is 12.2. The summed E-state index contributed by atoms with van der Waals surface area (Å²) < 4.78 is 7.96. The van der Waals surface area contributed by atoms with Gasteiger partial charge in [-0.3, -0.25) is 14.0 Å². The van der Waals surface area contributed by atoms with Crippen molar-refractivity contribution >= 4 is 46.1 Å². The van der Waals surface area contributed by atoms with Gasteiger partial charge in [-0.05, 0) is 39.2 Å². The molecule has 34 heavy (non-hydrogen) atoms. The maximum Gasteiger partial charge on any atom is 0.262 e. The van der Waals surface area contributed by atoms with Crippen molar-refractivity contribution in [3.05, 3.63) is 70.3 Å². The fourth-order valence-corrected chi connectivity index (χ4v) is 4.78. The normalized spacial score (nSPS) is 12.1. The predicted octanol–water partition coefficient (Wildman–Crippen LogP) is 4.46. The summed E-state index contributed by atoms with van der Waals surface area (Å²) in [5, 5.41) is 3.46. The first-order valence-electron chi connectivity index (χ1n) is 10.5. The first-order valence-corrected chi connectivity index (χ1v) is 11.7. The highest BCUT2D eigenvalue weighted by molar-refractivity contribution is 7.17. The van der Waals surface area contributed by atoms with Gasteiger partial charge in [0.15, 0.2) is 0 Å².